The maximum Gasteiger partial charge on any atom is 0.0859 e. The van der Waals surface area contributed by atoms with Crippen LogP contribution in [-0.4, -0.2) is 12.9 Å². The van der Waals surface area contributed by atoms with E-state index >= 15 is 0 Å². The van der Waals surface area contributed by atoms with E-state index in [-0.39, 0.29) is 0 Å². The second-order valence-electron chi connectivity index (χ2n) is 1.78. The lowest BCUT2D eigenvalue weighted by molar-refractivity contribution is 1.08. The van der Waals surface area contributed by atoms with Crippen molar-refractivity contribution in [1.82, 2.24) is 0 Å². The van der Waals surface area contributed by atoms with E-state index in [1.54, 1.807) is 12.3 Å². The van der Waals surface area contributed by atoms with E-state index in [1.807, 2.05) is 13.0 Å². The molecule has 0 amide bonds. The zero-order chi connectivity index (χ0) is 7.82. The van der Waals surface area contributed by atoms with Crippen molar-refractivity contribution in [3.05, 3.63) is 23.9 Å². The van der Waals surface area contributed by atoms with Crippen LogP contribution in [0.2, 0.25) is 0 Å². The standard InChI is InChI=1S/C7H13N3/c1-7(5-8)3-2-4-10-6-9/h2-5H,6,8-9H2,1H3. The molecule has 0 rings (SSSR count). The third kappa shape index (κ3) is 5.05. The summed E-state index contributed by atoms with van der Waals surface area (Å²) in [4.78, 5) is 3.78. The van der Waals surface area contributed by atoms with Gasteiger partial charge < -0.3 is 11.5 Å². The molecule has 0 aliphatic rings. The molecule has 10 heavy (non-hydrogen) atoms. The Morgan fingerprint density at radius 1 is 1.60 bits per heavy atom. The molecule has 4 N–H and O–H groups in total. The Bertz CT molecular complexity index is 156. The Morgan fingerprint density at radius 2 is 2.30 bits per heavy atom. The molecule has 3 nitrogen and oxygen atoms in total. The fraction of sp³-hybridized carbons (Fsp3) is 0.286. The number of nitrogens with two attached hydrogens (primary N) is 2. The number of nitrogens with zero attached hydrogens (tertiary/aromatic N) is 1. The molecule has 0 saturated heterocycles. The number of aliphatic imine (C=N–C) groups is 1. The molecule has 0 bridgehead atoms. The topological polar surface area (TPSA) is 64.4 Å². The summed E-state index contributed by atoms with van der Waals surface area (Å²) >= 11 is 0. The summed E-state index contributed by atoms with van der Waals surface area (Å²) in [6, 6.07) is 0. The van der Waals surface area contributed by atoms with E-state index in [9.17, 15) is 0 Å². The van der Waals surface area contributed by atoms with E-state index in [4.69, 9.17) is 11.5 Å². The Hall–Kier alpha value is -1.09. The van der Waals surface area contributed by atoms with Gasteiger partial charge in [0.15, 0.2) is 0 Å². The lowest BCUT2D eigenvalue weighted by Crippen LogP contribution is -1.92. The predicted molar refractivity (Wildman–Crippen MR) is 44.6 cm³/mol. The minimum Gasteiger partial charge on any atom is -0.404 e. The summed E-state index contributed by atoms with van der Waals surface area (Å²) in [5, 5.41) is 0. The molecule has 0 aliphatic heterocycles. The lowest BCUT2D eigenvalue weighted by atomic mass is 10.3. The molecule has 0 aromatic carbocycles. The second kappa shape index (κ2) is 6.04. The van der Waals surface area contributed by atoms with Crippen LogP contribution in [0.5, 0.6) is 0 Å². The maximum atomic E-state index is 5.20. The number of allylic oxidation sites excluding steroid dienone is 3. The van der Waals surface area contributed by atoms with Crippen LogP contribution in [0.1, 0.15) is 6.92 Å². The molecular formula is C7H13N3. The van der Waals surface area contributed by atoms with Crippen LogP contribution in [0.25, 0.3) is 0 Å². The minimum atomic E-state index is 0.329. The quantitative estimate of drug-likeness (QED) is 0.439. The van der Waals surface area contributed by atoms with Gasteiger partial charge in [-0.1, -0.05) is 6.08 Å². The first-order valence-corrected chi connectivity index (χ1v) is 3.06. The number of rotatable bonds is 3. The van der Waals surface area contributed by atoms with Crippen LogP contribution in [-0.2, 0) is 0 Å². The van der Waals surface area contributed by atoms with Crippen molar-refractivity contribution in [2.45, 2.75) is 6.92 Å². The molecule has 0 unspecified atom stereocenters. The summed E-state index contributed by atoms with van der Waals surface area (Å²) in [5.74, 6) is 0. The molecule has 0 heterocycles. The van der Waals surface area contributed by atoms with Crippen LogP contribution in [0.15, 0.2) is 28.9 Å². The van der Waals surface area contributed by atoms with Crippen molar-refractivity contribution in [1.29, 1.82) is 0 Å². The summed E-state index contributed by atoms with van der Waals surface area (Å²) in [6.07, 6.45) is 6.84. The zero-order valence-electron chi connectivity index (χ0n) is 6.12. The summed E-state index contributed by atoms with van der Waals surface area (Å²) in [6.45, 7) is 2.24. The second-order valence-corrected chi connectivity index (χ2v) is 1.78. The molecule has 0 fully saturated rings. The normalized spacial score (nSPS) is 13.6. The van der Waals surface area contributed by atoms with Gasteiger partial charge in [0.2, 0.25) is 0 Å². The van der Waals surface area contributed by atoms with E-state index in [0.717, 1.165) is 5.57 Å². The Balaban J connectivity index is 3.66. The summed E-state index contributed by atoms with van der Waals surface area (Å²) < 4.78 is 0. The molecule has 3 heteroatoms. The van der Waals surface area contributed by atoms with E-state index in [0.29, 0.717) is 6.67 Å². The van der Waals surface area contributed by atoms with Crippen molar-refractivity contribution in [2.75, 3.05) is 6.67 Å². The fourth-order valence-electron chi connectivity index (χ4n) is 0.372. The molecule has 0 atom stereocenters. The third-order valence-electron chi connectivity index (χ3n) is 0.919. The first-order valence-electron chi connectivity index (χ1n) is 3.06. The summed E-state index contributed by atoms with van der Waals surface area (Å²) in [5.41, 5.74) is 11.3. The fourth-order valence-corrected chi connectivity index (χ4v) is 0.372. The van der Waals surface area contributed by atoms with Gasteiger partial charge in [0.05, 0.1) is 6.67 Å². The van der Waals surface area contributed by atoms with Gasteiger partial charge in [-0.3, -0.25) is 4.99 Å². The van der Waals surface area contributed by atoms with Gasteiger partial charge in [-0.2, -0.15) is 0 Å². The molecule has 0 aliphatic carbocycles. The highest BCUT2D eigenvalue weighted by Crippen LogP contribution is 1.88. The van der Waals surface area contributed by atoms with Crippen molar-refractivity contribution in [2.24, 2.45) is 16.5 Å². The first-order chi connectivity index (χ1) is 4.81. The van der Waals surface area contributed by atoms with Crippen molar-refractivity contribution in [3.63, 3.8) is 0 Å². The van der Waals surface area contributed by atoms with Crippen LogP contribution in [0.4, 0.5) is 0 Å². The Kier molecular flexibility index (Phi) is 5.38. The van der Waals surface area contributed by atoms with Crippen LogP contribution in [0, 0.1) is 0 Å². The minimum absolute atomic E-state index is 0.329. The van der Waals surface area contributed by atoms with Crippen molar-refractivity contribution < 1.29 is 0 Å². The highest BCUT2D eigenvalue weighted by atomic mass is 14.8. The number of hydrogen-bond acceptors (Lipinski definition) is 3. The van der Waals surface area contributed by atoms with Gasteiger partial charge in [-0.25, -0.2) is 0 Å². The Morgan fingerprint density at radius 3 is 2.80 bits per heavy atom. The number of hydrogen-bond donors (Lipinski definition) is 2. The largest absolute Gasteiger partial charge is 0.404 e. The molecule has 0 saturated carbocycles. The van der Waals surface area contributed by atoms with Crippen LogP contribution in [0.3, 0.4) is 0 Å². The van der Waals surface area contributed by atoms with E-state index in [2.05, 4.69) is 4.99 Å². The molecule has 0 radical (unpaired) electrons. The van der Waals surface area contributed by atoms with Gasteiger partial charge in [-0.15, -0.1) is 0 Å². The maximum absolute atomic E-state index is 5.20. The zero-order valence-corrected chi connectivity index (χ0v) is 6.12. The molecule has 56 valence electrons. The van der Waals surface area contributed by atoms with Crippen molar-refractivity contribution in [3.8, 4) is 0 Å². The van der Waals surface area contributed by atoms with Gasteiger partial charge >= 0.3 is 0 Å². The first kappa shape index (κ1) is 8.91. The SMILES string of the molecule is CC(C=CC=NCN)=CN. The van der Waals surface area contributed by atoms with Gasteiger partial charge in [0.25, 0.3) is 0 Å². The molecular weight excluding hydrogens is 126 g/mol. The van der Waals surface area contributed by atoms with E-state index < -0.39 is 0 Å². The Labute approximate surface area is 61.1 Å². The van der Waals surface area contributed by atoms with Gasteiger partial charge in [0, 0.05) is 6.21 Å². The highest BCUT2D eigenvalue weighted by Gasteiger charge is 1.73. The van der Waals surface area contributed by atoms with Crippen LogP contribution < -0.4 is 11.5 Å². The monoisotopic (exact) mass is 139 g/mol. The average molecular weight is 139 g/mol. The van der Waals surface area contributed by atoms with Crippen molar-refractivity contribution >= 4 is 6.21 Å². The summed E-state index contributed by atoms with van der Waals surface area (Å²) in [7, 11) is 0. The predicted octanol–water partition coefficient (Wildman–Crippen LogP) is 0.392. The highest BCUT2D eigenvalue weighted by molar-refractivity contribution is 5.71. The van der Waals surface area contributed by atoms with Gasteiger partial charge in [-0.05, 0) is 24.8 Å². The smallest absolute Gasteiger partial charge is 0.0859 e. The van der Waals surface area contributed by atoms with E-state index in [1.165, 1.54) is 6.20 Å². The average Bonchev–Trinajstić information content (AvgIpc) is 1.98. The molecule has 0 spiro atoms. The van der Waals surface area contributed by atoms with Gasteiger partial charge in [0.1, 0.15) is 0 Å². The molecule has 0 aromatic rings. The third-order valence-corrected chi connectivity index (χ3v) is 0.919. The lowest BCUT2D eigenvalue weighted by Gasteiger charge is -1.83. The van der Waals surface area contributed by atoms with Crippen LogP contribution >= 0.6 is 0 Å². The molecule has 0 aromatic heterocycles.